The van der Waals surface area contributed by atoms with Crippen LogP contribution in [-0.2, 0) is 4.74 Å². The lowest BCUT2D eigenvalue weighted by molar-refractivity contribution is 0.0429. The Labute approximate surface area is 94.2 Å². The van der Waals surface area contributed by atoms with Crippen molar-refractivity contribution < 1.29 is 9.84 Å². The van der Waals surface area contributed by atoms with Gasteiger partial charge in [0.05, 0.1) is 12.7 Å². The summed E-state index contributed by atoms with van der Waals surface area (Å²) in [6.07, 6.45) is 3.39. The van der Waals surface area contributed by atoms with Crippen LogP contribution in [0.25, 0.3) is 0 Å². The fraction of sp³-hybridized carbons (Fsp3) is 1.00. The van der Waals surface area contributed by atoms with Gasteiger partial charge >= 0.3 is 0 Å². The van der Waals surface area contributed by atoms with Crippen LogP contribution in [0.1, 0.15) is 40.0 Å². The van der Waals surface area contributed by atoms with Gasteiger partial charge in [-0.1, -0.05) is 26.7 Å². The summed E-state index contributed by atoms with van der Waals surface area (Å²) in [6, 6.07) is 0. The second-order valence-corrected chi connectivity index (χ2v) is 4.41. The zero-order valence-electron chi connectivity index (χ0n) is 10.5. The van der Waals surface area contributed by atoms with Gasteiger partial charge in [-0.25, -0.2) is 0 Å². The molecule has 0 aliphatic rings. The van der Waals surface area contributed by atoms with Crippen molar-refractivity contribution in [1.29, 1.82) is 0 Å². The van der Waals surface area contributed by atoms with Gasteiger partial charge in [0.1, 0.15) is 0 Å². The van der Waals surface area contributed by atoms with Gasteiger partial charge in [0, 0.05) is 13.2 Å². The summed E-state index contributed by atoms with van der Waals surface area (Å²) < 4.78 is 5.11. The maximum atomic E-state index is 9.44. The van der Waals surface area contributed by atoms with Crippen LogP contribution in [-0.4, -0.2) is 37.5 Å². The number of ether oxygens (including phenoxy) is 1. The van der Waals surface area contributed by atoms with Crippen molar-refractivity contribution in [3.63, 3.8) is 0 Å². The Morgan fingerprint density at radius 1 is 1.27 bits per heavy atom. The third-order valence-electron chi connectivity index (χ3n) is 2.28. The smallest absolute Gasteiger partial charge is 0.0897 e. The first kappa shape index (κ1) is 14.9. The molecule has 0 spiro atoms. The summed E-state index contributed by atoms with van der Waals surface area (Å²) >= 11 is 0. The number of hydrogen-bond donors (Lipinski definition) is 2. The Kier molecular flexibility index (Phi) is 10.3. The molecule has 0 saturated carbocycles. The van der Waals surface area contributed by atoms with Gasteiger partial charge in [0.15, 0.2) is 0 Å². The van der Waals surface area contributed by atoms with Crippen molar-refractivity contribution in [2.75, 3.05) is 26.3 Å². The van der Waals surface area contributed by atoms with Gasteiger partial charge in [0.25, 0.3) is 0 Å². The first-order chi connectivity index (χ1) is 7.16. The molecule has 0 aliphatic carbocycles. The lowest BCUT2D eigenvalue weighted by Gasteiger charge is -2.11. The van der Waals surface area contributed by atoms with E-state index in [2.05, 4.69) is 19.2 Å². The molecule has 0 saturated heterocycles. The maximum Gasteiger partial charge on any atom is 0.0897 e. The van der Waals surface area contributed by atoms with Crippen molar-refractivity contribution in [2.45, 2.75) is 46.1 Å². The molecule has 0 heterocycles. The van der Waals surface area contributed by atoms with Crippen LogP contribution in [0.3, 0.4) is 0 Å². The molecule has 92 valence electrons. The Hall–Kier alpha value is -0.120. The molecule has 1 unspecified atom stereocenters. The number of aliphatic hydroxyl groups is 1. The van der Waals surface area contributed by atoms with Gasteiger partial charge in [-0.2, -0.15) is 0 Å². The average molecular weight is 217 g/mol. The molecule has 0 aromatic rings. The maximum absolute atomic E-state index is 9.44. The number of nitrogens with one attached hydrogen (secondary N) is 1. The molecule has 1 atom stereocenters. The second-order valence-electron chi connectivity index (χ2n) is 4.41. The minimum atomic E-state index is -0.366. The molecular weight excluding hydrogens is 190 g/mol. The van der Waals surface area contributed by atoms with Crippen molar-refractivity contribution in [3.05, 3.63) is 0 Å². The van der Waals surface area contributed by atoms with Crippen LogP contribution in [0, 0.1) is 5.92 Å². The average Bonchev–Trinajstić information content (AvgIpc) is 2.19. The van der Waals surface area contributed by atoms with E-state index >= 15 is 0 Å². The topological polar surface area (TPSA) is 41.5 Å². The zero-order chi connectivity index (χ0) is 11.5. The third kappa shape index (κ3) is 11.8. The Bertz CT molecular complexity index is 129. The van der Waals surface area contributed by atoms with Crippen molar-refractivity contribution in [3.8, 4) is 0 Å². The van der Waals surface area contributed by atoms with Crippen LogP contribution >= 0.6 is 0 Å². The third-order valence-corrected chi connectivity index (χ3v) is 2.28. The summed E-state index contributed by atoms with van der Waals surface area (Å²) in [4.78, 5) is 0. The Morgan fingerprint density at radius 2 is 2.00 bits per heavy atom. The molecule has 3 heteroatoms. The summed E-state index contributed by atoms with van der Waals surface area (Å²) in [6.45, 7) is 9.18. The highest BCUT2D eigenvalue weighted by atomic mass is 16.5. The van der Waals surface area contributed by atoms with Crippen LogP contribution < -0.4 is 5.32 Å². The minimum absolute atomic E-state index is 0.366. The number of hydrogen-bond acceptors (Lipinski definition) is 3. The van der Waals surface area contributed by atoms with Crippen molar-refractivity contribution in [2.24, 2.45) is 5.92 Å². The van der Waals surface area contributed by atoms with Crippen LogP contribution in [0.5, 0.6) is 0 Å². The van der Waals surface area contributed by atoms with Gasteiger partial charge in [-0.3, -0.25) is 0 Å². The highest BCUT2D eigenvalue weighted by molar-refractivity contribution is 4.58. The summed E-state index contributed by atoms with van der Waals surface area (Å²) in [5, 5.41) is 12.7. The van der Waals surface area contributed by atoms with Gasteiger partial charge in [0.2, 0.25) is 0 Å². The fourth-order valence-corrected chi connectivity index (χ4v) is 1.38. The largest absolute Gasteiger partial charge is 0.389 e. The molecule has 2 N–H and O–H groups in total. The lowest BCUT2D eigenvalue weighted by Crippen LogP contribution is -2.31. The van der Waals surface area contributed by atoms with Crippen LogP contribution in [0.4, 0.5) is 0 Å². The van der Waals surface area contributed by atoms with Gasteiger partial charge < -0.3 is 15.2 Å². The highest BCUT2D eigenvalue weighted by Gasteiger charge is 2.02. The number of rotatable bonds is 10. The monoisotopic (exact) mass is 217 g/mol. The molecule has 3 nitrogen and oxygen atoms in total. The summed E-state index contributed by atoms with van der Waals surface area (Å²) in [7, 11) is 0. The van der Waals surface area contributed by atoms with E-state index in [0.29, 0.717) is 19.8 Å². The Morgan fingerprint density at radius 3 is 2.60 bits per heavy atom. The zero-order valence-corrected chi connectivity index (χ0v) is 10.5. The van der Waals surface area contributed by atoms with Gasteiger partial charge in [-0.05, 0) is 25.8 Å². The van der Waals surface area contributed by atoms with Gasteiger partial charge in [-0.15, -0.1) is 0 Å². The molecule has 0 bridgehead atoms. The SMILES string of the molecule is CCOCC(O)CNCCCCC(C)C. The molecule has 0 aliphatic heterocycles. The van der Waals surface area contributed by atoms with E-state index in [1.54, 1.807) is 0 Å². The standard InChI is InChI=1S/C12H27NO2/c1-4-15-10-12(14)9-13-8-6-5-7-11(2)3/h11-14H,4-10H2,1-3H3. The molecule has 15 heavy (non-hydrogen) atoms. The number of unbranched alkanes of at least 4 members (excludes halogenated alkanes) is 1. The normalized spacial score (nSPS) is 13.4. The lowest BCUT2D eigenvalue weighted by atomic mass is 10.1. The highest BCUT2D eigenvalue weighted by Crippen LogP contribution is 2.04. The quantitative estimate of drug-likeness (QED) is 0.548. The molecule has 0 amide bonds. The first-order valence-electron chi connectivity index (χ1n) is 6.13. The minimum Gasteiger partial charge on any atom is -0.389 e. The predicted molar refractivity (Wildman–Crippen MR) is 64.1 cm³/mol. The van der Waals surface area contributed by atoms with E-state index in [0.717, 1.165) is 12.5 Å². The summed E-state index contributed by atoms with van der Waals surface area (Å²) in [5.41, 5.74) is 0. The van der Waals surface area contributed by atoms with Crippen LogP contribution in [0.15, 0.2) is 0 Å². The molecule has 0 aromatic heterocycles. The number of aliphatic hydroxyl groups excluding tert-OH is 1. The van der Waals surface area contributed by atoms with Crippen molar-refractivity contribution >= 4 is 0 Å². The molecule has 0 aromatic carbocycles. The fourth-order valence-electron chi connectivity index (χ4n) is 1.38. The van der Waals surface area contributed by atoms with E-state index in [9.17, 15) is 5.11 Å². The van der Waals surface area contributed by atoms with E-state index in [-0.39, 0.29) is 6.10 Å². The molecular formula is C12H27NO2. The molecule has 0 fully saturated rings. The van der Waals surface area contributed by atoms with E-state index in [1.165, 1.54) is 19.3 Å². The van der Waals surface area contributed by atoms with E-state index in [4.69, 9.17) is 4.74 Å². The predicted octanol–water partition coefficient (Wildman–Crippen LogP) is 1.80. The Balaban J connectivity index is 3.09. The summed E-state index contributed by atoms with van der Waals surface area (Å²) in [5.74, 6) is 0.800. The second kappa shape index (κ2) is 10.4. The van der Waals surface area contributed by atoms with Crippen LogP contribution in [0.2, 0.25) is 0 Å². The van der Waals surface area contributed by atoms with E-state index in [1.807, 2.05) is 6.92 Å². The first-order valence-corrected chi connectivity index (χ1v) is 6.13. The molecule has 0 rings (SSSR count). The van der Waals surface area contributed by atoms with Crippen molar-refractivity contribution in [1.82, 2.24) is 5.32 Å². The molecule has 0 radical (unpaired) electrons. The van der Waals surface area contributed by atoms with E-state index < -0.39 is 0 Å².